The lowest BCUT2D eigenvalue weighted by atomic mass is 10.1. The van der Waals surface area contributed by atoms with E-state index in [4.69, 9.17) is 9.72 Å². The molecule has 0 aliphatic heterocycles. The van der Waals surface area contributed by atoms with Gasteiger partial charge in [0, 0.05) is 44.0 Å². The molecular weight excluding hydrogens is 328 g/mol. The predicted octanol–water partition coefficient (Wildman–Crippen LogP) is 3.26. The van der Waals surface area contributed by atoms with Gasteiger partial charge in [-0.15, -0.1) is 0 Å². The number of carbonyl (C=O) groups is 1. The molecule has 134 valence electrons. The molecule has 1 N–H and O–H groups in total. The summed E-state index contributed by atoms with van der Waals surface area (Å²) in [6.07, 6.45) is 1.83. The van der Waals surface area contributed by atoms with Gasteiger partial charge in [-0.1, -0.05) is 6.07 Å². The van der Waals surface area contributed by atoms with Gasteiger partial charge in [-0.3, -0.25) is 4.79 Å². The maximum atomic E-state index is 11.7. The number of rotatable bonds is 5. The van der Waals surface area contributed by atoms with E-state index in [0.717, 1.165) is 33.5 Å². The Morgan fingerprint density at radius 1 is 1.19 bits per heavy atom. The van der Waals surface area contributed by atoms with E-state index in [-0.39, 0.29) is 12.5 Å². The lowest BCUT2D eigenvalue weighted by molar-refractivity contribution is -0.119. The van der Waals surface area contributed by atoms with E-state index in [0.29, 0.717) is 5.69 Å². The van der Waals surface area contributed by atoms with Gasteiger partial charge in [0.2, 0.25) is 5.91 Å². The van der Waals surface area contributed by atoms with Crippen LogP contribution >= 0.6 is 0 Å². The average molecular weight is 350 g/mol. The normalized spacial score (nSPS) is 10.8. The van der Waals surface area contributed by atoms with Crippen LogP contribution < -0.4 is 10.2 Å². The average Bonchev–Trinajstić information content (AvgIpc) is 2.61. The van der Waals surface area contributed by atoms with Crippen LogP contribution in [-0.4, -0.2) is 43.7 Å². The van der Waals surface area contributed by atoms with Crippen molar-refractivity contribution < 1.29 is 9.53 Å². The summed E-state index contributed by atoms with van der Waals surface area (Å²) in [6.45, 7) is 2.08. The first-order valence-corrected chi connectivity index (χ1v) is 8.32. The fourth-order valence-electron chi connectivity index (χ4n) is 2.76. The summed E-state index contributed by atoms with van der Waals surface area (Å²) in [7, 11) is 5.41. The molecule has 26 heavy (non-hydrogen) atoms. The van der Waals surface area contributed by atoms with E-state index in [9.17, 15) is 4.79 Å². The highest BCUT2D eigenvalue weighted by Gasteiger charge is 2.08. The van der Waals surface area contributed by atoms with E-state index >= 15 is 0 Å². The van der Waals surface area contributed by atoms with Crippen LogP contribution in [0.15, 0.2) is 42.6 Å². The lowest BCUT2D eigenvalue weighted by Gasteiger charge is -2.12. The van der Waals surface area contributed by atoms with Crippen molar-refractivity contribution in [1.82, 2.24) is 9.97 Å². The largest absolute Gasteiger partial charge is 0.375 e. The van der Waals surface area contributed by atoms with Gasteiger partial charge in [-0.25, -0.2) is 9.97 Å². The zero-order chi connectivity index (χ0) is 18.7. The number of hydrogen-bond donors (Lipinski definition) is 1. The monoisotopic (exact) mass is 350 g/mol. The third kappa shape index (κ3) is 3.81. The Morgan fingerprint density at radius 2 is 2.00 bits per heavy atom. The SMILES string of the molecule is COCC(=O)Nc1ccc2c(C)cc(-c3ccc(N(C)C)nc3)nc2c1. The molecule has 0 spiro atoms. The highest BCUT2D eigenvalue weighted by atomic mass is 16.5. The van der Waals surface area contributed by atoms with Crippen molar-refractivity contribution in [2.24, 2.45) is 0 Å². The number of carbonyl (C=O) groups excluding carboxylic acids is 1. The quantitative estimate of drug-likeness (QED) is 0.765. The van der Waals surface area contributed by atoms with Crippen molar-refractivity contribution >= 4 is 28.3 Å². The van der Waals surface area contributed by atoms with Gasteiger partial charge < -0.3 is 15.0 Å². The second kappa shape index (κ2) is 7.49. The van der Waals surface area contributed by atoms with Gasteiger partial charge in [0.15, 0.2) is 0 Å². The summed E-state index contributed by atoms with van der Waals surface area (Å²) in [6, 6.07) is 11.8. The Morgan fingerprint density at radius 3 is 2.65 bits per heavy atom. The van der Waals surface area contributed by atoms with Crippen LogP contribution in [-0.2, 0) is 9.53 Å². The molecule has 0 unspecified atom stereocenters. The number of aromatic nitrogens is 2. The first-order chi connectivity index (χ1) is 12.5. The molecule has 2 heterocycles. The minimum absolute atomic E-state index is 0.0222. The van der Waals surface area contributed by atoms with Gasteiger partial charge in [0.05, 0.1) is 11.2 Å². The number of methoxy groups -OCH3 is 1. The second-order valence-corrected chi connectivity index (χ2v) is 6.34. The summed E-state index contributed by atoms with van der Waals surface area (Å²) >= 11 is 0. The van der Waals surface area contributed by atoms with Crippen molar-refractivity contribution in [3.05, 3.63) is 48.2 Å². The number of nitrogens with one attached hydrogen (secondary N) is 1. The predicted molar refractivity (Wildman–Crippen MR) is 105 cm³/mol. The molecule has 0 aliphatic carbocycles. The zero-order valence-corrected chi connectivity index (χ0v) is 15.4. The number of aryl methyl sites for hydroxylation is 1. The van der Waals surface area contributed by atoms with E-state index < -0.39 is 0 Å². The van der Waals surface area contributed by atoms with Crippen molar-refractivity contribution in [1.29, 1.82) is 0 Å². The third-order valence-corrected chi connectivity index (χ3v) is 4.08. The number of pyridine rings is 2. The first kappa shape index (κ1) is 17.8. The van der Waals surface area contributed by atoms with E-state index in [1.54, 1.807) is 0 Å². The molecule has 0 bridgehead atoms. The molecule has 3 rings (SSSR count). The summed E-state index contributed by atoms with van der Waals surface area (Å²) in [5, 5.41) is 3.86. The Kier molecular flexibility index (Phi) is 5.14. The van der Waals surface area contributed by atoms with Crippen LogP contribution in [0.4, 0.5) is 11.5 Å². The Labute approximate surface area is 152 Å². The fraction of sp³-hybridized carbons (Fsp3) is 0.250. The molecule has 0 atom stereocenters. The molecule has 0 saturated carbocycles. The van der Waals surface area contributed by atoms with E-state index in [1.165, 1.54) is 7.11 Å². The fourth-order valence-corrected chi connectivity index (χ4v) is 2.76. The number of amides is 1. The molecule has 1 amide bonds. The van der Waals surface area contributed by atoms with Gasteiger partial charge >= 0.3 is 0 Å². The molecule has 0 saturated heterocycles. The van der Waals surface area contributed by atoms with Crippen LogP contribution in [0.1, 0.15) is 5.56 Å². The highest BCUT2D eigenvalue weighted by molar-refractivity contribution is 5.95. The summed E-state index contributed by atoms with van der Waals surface area (Å²) < 4.78 is 4.85. The van der Waals surface area contributed by atoms with Crippen molar-refractivity contribution in [2.45, 2.75) is 6.92 Å². The number of nitrogens with zero attached hydrogens (tertiary/aromatic N) is 3. The number of anilines is 2. The van der Waals surface area contributed by atoms with Crippen LogP contribution in [0.5, 0.6) is 0 Å². The van der Waals surface area contributed by atoms with Gasteiger partial charge in [-0.2, -0.15) is 0 Å². The number of fused-ring (bicyclic) bond motifs is 1. The van der Waals surface area contributed by atoms with Crippen LogP contribution in [0, 0.1) is 6.92 Å². The van der Waals surface area contributed by atoms with Crippen LogP contribution in [0.2, 0.25) is 0 Å². The molecule has 2 aromatic heterocycles. The summed E-state index contributed by atoms with van der Waals surface area (Å²) in [5.74, 6) is 0.706. The van der Waals surface area contributed by atoms with Crippen LogP contribution in [0.3, 0.4) is 0 Å². The van der Waals surface area contributed by atoms with E-state index in [1.807, 2.05) is 55.5 Å². The first-order valence-electron chi connectivity index (χ1n) is 8.32. The maximum absolute atomic E-state index is 11.7. The molecule has 0 aliphatic rings. The lowest BCUT2D eigenvalue weighted by Crippen LogP contribution is -2.17. The van der Waals surface area contributed by atoms with Crippen LogP contribution in [0.25, 0.3) is 22.2 Å². The van der Waals surface area contributed by atoms with Crippen molar-refractivity contribution in [3.8, 4) is 11.3 Å². The summed E-state index contributed by atoms with van der Waals surface area (Å²) in [5.41, 5.74) is 4.45. The van der Waals surface area contributed by atoms with Gasteiger partial charge in [0.25, 0.3) is 0 Å². The molecule has 0 radical (unpaired) electrons. The third-order valence-electron chi connectivity index (χ3n) is 4.08. The van der Waals surface area contributed by atoms with Gasteiger partial charge in [-0.05, 0) is 42.8 Å². The minimum Gasteiger partial charge on any atom is -0.375 e. The number of ether oxygens (including phenoxy) is 1. The van der Waals surface area contributed by atoms with Crippen molar-refractivity contribution in [3.63, 3.8) is 0 Å². The maximum Gasteiger partial charge on any atom is 0.250 e. The van der Waals surface area contributed by atoms with Crippen molar-refractivity contribution in [2.75, 3.05) is 38.0 Å². The smallest absolute Gasteiger partial charge is 0.250 e. The summed E-state index contributed by atoms with van der Waals surface area (Å²) in [4.78, 5) is 22.9. The number of hydrogen-bond acceptors (Lipinski definition) is 5. The second-order valence-electron chi connectivity index (χ2n) is 6.34. The Balaban J connectivity index is 1.98. The van der Waals surface area contributed by atoms with Gasteiger partial charge in [0.1, 0.15) is 12.4 Å². The molecule has 6 nitrogen and oxygen atoms in total. The molecular formula is C20H22N4O2. The number of benzene rings is 1. The molecule has 3 aromatic rings. The minimum atomic E-state index is -0.191. The topological polar surface area (TPSA) is 67.3 Å². The Hall–Kier alpha value is -2.99. The standard InChI is InChI=1S/C20H22N4O2/c1-13-9-17(14-5-8-19(21-11-14)24(2)3)23-18-10-15(6-7-16(13)18)22-20(25)12-26-4/h5-11H,12H2,1-4H3,(H,22,25). The highest BCUT2D eigenvalue weighted by Crippen LogP contribution is 2.26. The zero-order valence-electron chi connectivity index (χ0n) is 15.4. The van der Waals surface area contributed by atoms with E-state index in [2.05, 4.69) is 23.3 Å². The molecule has 1 aromatic carbocycles. The molecule has 0 fully saturated rings. The molecule has 6 heteroatoms. The Bertz CT molecular complexity index is 936.